The number of piperazine rings is 1. The minimum atomic E-state index is -0.0592. The SMILES string of the molecule is Cc1c(C(=O)N2CCNCC2C)nnn1-c1cccc2ncccc12. The fraction of sp³-hybridized carbons (Fsp3) is 0.333. The molecule has 2 aromatic heterocycles. The van der Waals surface area contributed by atoms with E-state index in [1.807, 2.05) is 49.1 Å². The number of carbonyl (C=O) groups excluding carboxylic acids is 1. The molecule has 128 valence electrons. The van der Waals surface area contributed by atoms with Crippen molar-refractivity contribution in [2.24, 2.45) is 0 Å². The van der Waals surface area contributed by atoms with Crippen LogP contribution in [0.2, 0.25) is 0 Å². The van der Waals surface area contributed by atoms with Crippen LogP contribution in [0.15, 0.2) is 36.5 Å². The van der Waals surface area contributed by atoms with Crippen LogP contribution >= 0.6 is 0 Å². The van der Waals surface area contributed by atoms with Crippen molar-refractivity contribution < 1.29 is 4.79 Å². The molecule has 3 heterocycles. The van der Waals surface area contributed by atoms with Gasteiger partial charge in [0.2, 0.25) is 0 Å². The van der Waals surface area contributed by atoms with Crippen LogP contribution in [-0.4, -0.2) is 56.5 Å². The van der Waals surface area contributed by atoms with Crippen LogP contribution in [-0.2, 0) is 0 Å². The average molecular weight is 336 g/mol. The second-order valence-corrected chi connectivity index (χ2v) is 6.33. The third kappa shape index (κ3) is 2.66. The van der Waals surface area contributed by atoms with Crippen molar-refractivity contribution in [3.8, 4) is 5.69 Å². The summed E-state index contributed by atoms with van der Waals surface area (Å²) in [7, 11) is 0. The molecule has 3 aromatic rings. The molecule has 0 spiro atoms. The summed E-state index contributed by atoms with van der Waals surface area (Å²) in [5.74, 6) is -0.0592. The second-order valence-electron chi connectivity index (χ2n) is 6.33. The van der Waals surface area contributed by atoms with Crippen LogP contribution in [0.5, 0.6) is 0 Å². The lowest BCUT2D eigenvalue weighted by atomic mass is 10.1. The van der Waals surface area contributed by atoms with Crippen LogP contribution in [0.4, 0.5) is 0 Å². The first kappa shape index (κ1) is 15.7. The van der Waals surface area contributed by atoms with Crippen LogP contribution in [0, 0.1) is 6.92 Å². The van der Waals surface area contributed by atoms with Crippen LogP contribution in [0.25, 0.3) is 16.6 Å². The minimum absolute atomic E-state index is 0.0592. The van der Waals surface area contributed by atoms with Gasteiger partial charge in [-0.15, -0.1) is 5.10 Å². The van der Waals surface area contributed by atoms with Gasteiger partial charge in [-0.25, -0.2) is 4.68 Å². The van der Waals surface area contributed by atoms with E-state index in [2.05, 4.69) is 20.6 Å². The molecule has 0 radical (unpaired) electrons. The zero-order valence-electron chi connectivity index (χ0n) is 14.3. The monoisotopic (exact) mass is 336 g/mol. The maximum atomic E-state index is 12.9. The lowest BCUT2D eigenvalue weighted by molar-refractivity contribution is 0.0649. The predicted octanol–water partition coefficient (Wildman–Crippen LogP) is 1.56. The van der Waals surface area contributed by atoms with Crippen LogP contribution in [0.1, 0.15) is 23.1 Å². The lowest BCUT2D eigenvalue weighted by Crippen LogP contribution is -2.52. The molecule has 1 unspecified atom stereocenters. The summed E-state index contributed by atoms with van der Waals surface area (Å²) >= 11 is 0. The van der Waals surface area contributed by atoms with Crippen molar-refractivity contribution in [2.75, 3.05) is 19.6 Å². The molecule has 0 bridgehead atoms. The lowest BCUT2D eigenvalue weighted by Gasteiger charge is -2.33. The van der Waals surface area contributed by atoms with Crippen molar-refractivity contribution in [3.05, 3.63) is 47.9 Å². The number of nitrogens with one attached hydrogen (secondary N) is 1. The van der Waals surface area contributed by atoms with Gasteiger partial charge in [-0.1, -0.05) is 11.3 Å². The van der Waals surface area contributed by atoms with Crippen molar-refractivity contribution in [1.82, 2.24) is 30.2 Å². The number of amides is 1. The summed E-state index contributed by atoms with van der Waals surface area (Å²) in [6.45, 7) is 6.21. The molecule has 1 aromatic carbocycles. The number of hydrogen-bond acceptors (Lipinski definition) is 5. The minimum Gasteiger partial charge on any atom is -0.332 e. The Kier molecular flexibility index (Phi) is 3.93. The number of hydrogen-bond donors (Lipinski definition) is 1. The van der Waals surface area contributed by atoms with Gasteiger partial charge >= 0.3 is 0 Å². The van der Waals surface area contributed by atoms with E-state index < -0.39 is 0 Å². The Hall–Kier alpha value is -2.80. The van der Waals surface area contributed by atoms with Gasteiger partial charge in [0.25, 0.3) is 5.91 Å². The van der Waals surface area contributed by atoms with Gasteiger partial charge in [0.15, 0.2) is 5.69 Å². The van der Waals surface area contributed by atoms with Crippen molar-refractivity contribution in [1.29, 1.82) is 0 Å². The van der Waals surface area contributed by atoms with Gasteiger partial charge in [0.05, 0.1) is 16.9 Å². The van der Waals surface area contributed by atoms with Crippen molar-refractivity contribution in [3.63, 3.8) is 0 Å². The molecule has 0 saturated carbocycles. The van der Waals surface area contributed by atoms with E-state index in [0.29, 0.717) is 12.2 Å². The number of nitrogens with zero attached hydrogens (tertiary/aromatic N) is 5. The van der Waals surface area contributed by atoms with Gasteiger partial charge < -0.3 is 10.2 Å². The number of benzene rings is 1. The van der Waals surface area contributed by atoms with E-state index in [0.717, 1.165) is 35.4 Å². The molecule has 25 heavy (non-hydrogen) atoms. The number of aromatic nitrogens is 4. The highest BCUT2D eigenvalue weighted by molar-refractivity contribution is 5.94. The zero-order chi connectivity index (χ0) is 17.4. The number of rotatable bonds is 2. The summed E-state index contributed by atoms with van der Waals surface area (Å²) in [6.07, 6.45) is 1.76. The quantitative estimate of drug-likeness (QED) is 0.768. The smallest absolute Gasteiger partial charge is 0.276 e. The van der Waals surface area contributed by atoms with Gasteiger partial charge in [-0.3, -0.25) is 9.78 Å². The summed E-state index contributed by atoms with van der Waals surface area (Å²) in [5.41, 5.74) is 2.92. The largest absolute Gasteiger partial charge is 0.332 e. The highest BCUT2D eigenvalue weighted by atomic mass is 16.2. The van der Waals surface area contributed by atoms with Gasteiger partial charge in [0.1, 0.15) is 0 Å². The average Bonchev–Trinajstić information content (AvgIpc) is 3.02. The van der Waals surface area contributed by atoms with Gasteiger partial charge in [-0.2, -0.15) is 0 Å². The first-order valence-corrected chi connectivity index (χ1v) is 8.45. The molecule has 7 heteroatoms. The number of fused-ring (bicyclic) bond motifs is 1. The molecule has 4 rings (SSSR count). The Labute approximate surface area is 145 Å². The highest BCUT2D eigenvalue weighted by Gasteiger charge is 2.28. The third-order valence-electron chi connectivity index (χ3n) is 4.71. The maximum Gasteiger partial charge on any atom is 0.276 e. The van der Waals surface area contributed by atoms with E-state index in [9.17, 15) is 4.79 Å². The Morgan fingerprint density at radius 3 is 3.00 bits per heavy atom. The highest BCUT2D eigenvalue weighted by Crippen LogP contribution is 2.22. The van der Waals surface area contributed by atoms with Crippen molar-refractivity contribution >= 4 is 16.8 Å². The molecule has 1 atom stereocenters. The fourth-order valence-electron chi connectivity index (χ4n) is 3.31. The third-order valence-corrected chi connectivity index (χ3v) is 4.71. The summed E-state index contributed by atoms with van der Waals surface area (Å²) < 4.78 is 1.73. The molecule has 1 saturated heterocycles. The Balaban J connectivity index is 1.75. The van der Waals surface area contributed by atoms with Gasteiger partial charge in [0, 0.05) is 37.3 Å². The molecular formula is C18H20N6O. The van der Waals surface area contributed by atoms with Crippen LogP contribution in [0.3, 0.4) is 0 Å². The van der Waals surface area contributed by atoms with E-state index in [4.69, 9.17) is 0 Å². The Morgan fingerprint density at radius 1 is 1.28 bits per heavy atom. The number of carbonyl (C=O) groups is 1. The second kappa shape index (κ2) is 6.25. The first-order valence-electron chi connectivity index (χ1n) is 8.45. The normalized spacial score (nSPS) is 17.8. The van der Waals surface area contributed by atoms with Crippen molar-refractivity contribution in [2.45, 2.75) is 19.9 Å². The van der Waals surface area contributed by atoms with E-state index in [-0.39, 0.29) is 11.9 Å². The topological polar surface area (TPSA) is 75.9 Å². The summed E-state index contributed by atoms with van der Waals surface area (Å²) in [4.78, 5) is 19.2. The Morgan fingerprint density at radius 2 is 2.16 bits per heavy atom. The van der Waals surface area contributed by atoms with Gasteiger partial charge in [-0.05, 0) is 38.1 Å². The molecule has 1 N–H and O–H groups in total. The molecular weight excluding hydrogens is 316 g/mol. The van der Waals surface area contributed by atoms with E-state index in [1.54, 1.807) is 10.9 Å². The molecule has 1 aliphatic rings. The predicted molar refractivity (Wildman–Crippen MR) is 94.8 cm³/mol. The van der Waals surface area contributed by atoms with Crippen LogP contribution < -0.4 is 5.32 Å². The maximum absolute atomic E-state index is 12.9. The number of pyridine rings is 1. The van der Waals surface area contributed by atoms with E-state index in [1.165, 1.54) is 0 Å². The molecule has 1 fully saturated rings. The molecule has 7 nitrogen and oxygen atoms in total. The molecule has 1 aliphatic heterocycles. The first-order chi connectivity index (χ1) is 12.2. The molecule has 0 aliphatic carbocycles. The summed E-state index contributed by atoms with van der Waals surface area (Å²) in [5, 5.41) is 12.7. The zero-order valence-corrected chi connectivity index (χ0v) is 14.3. The summed E-state index contributed by atoms with van der Waals surface area (Å²) in [6, 6.07) is 9.90. The fourth-order valence-corrected chi connectivity index (χ4v) is 3.31. The standard InChI is InChI=1S/C18H20N6O/c1-12-11-19-9-10-23(12)18(25)17-13(2)24(22-21-17)16-7-3-6-15-14(16)5-4-8-20-15/h3-8,12,19H,9-11H2,1-2H3. The molecule has 1 amide bonds. The van der Waals surface area contributed by atoms with E-state index >= 15 is 0 Å². The Bertz CT molecular complexity index is 929.